The van der Waals surface area contributed by atoms with Gasteiger partial charge in [-0.05, 0) is 66.6 Å². The van der Waals surface area contributed by atoms with Crippen LogP contribution in [0, 0.1) is 6.92 Å². The molecular weight excluding hydrogens is 427 g/mol. The van der Waals surface area contributed by atoms with Gasteiger partial charge in [0.05, 0.1) is 22.6 Å². The number of hydrogen-bond acceptors (Lipinski definition) is 3. The third-order valence-corrected chi connectivity index (χ3v) is 4.99. The van der Waals surface area contributed by atoms with Crippen LogP contribution in [0.25, 0.3) is 33.8 Å². The van der Waals surface area contributed by atoms with Crippen LogP contribution in [0.4, 0.5) is 18.9 Å². The van der Waals surface area contributed by atoms with Crippen molar-refractivity contribution in [2.24, 2.45) is 0 Å². The van der Waals surface area contributed by atoms with Crippen molar-refractivity contribution in [3.05, 3.63) is 90.1 Å². The van der Waals surface area contributed by atoms with Crippen LogP contribution in [-0.2, 0) is 11.0 Å². The summed E-state index contributed by atoms with van der Waals surface area (Å²) in [5, 5.41) is 2.76. The van der Waals surface area contributed by atoms with Gasteiger partial charge in [0.25, 0.3) is 0 Å². The lowest BCUT2D eigenvalue weighted by Gasteiger charge is -2.11. The van der Waals surface area contributed by atoms with E-state index < -0.39 is 11.7 Å². The van der Waals surface area contributed by atoms with Gasteiger partial charge in [-0.3, -0.25) is 9.78 Å². The maximum absolute atomic E-state index is 12.9. The molecule has 33 heavy (non-hydrogen) atoms. The molecule has 0 bridgehead atoms. The number of hydrogen-bond donors (Lipinski definition) is 1. The quantitative estimate of drug-likeness (QED) is 0.376. The molecule has 7 heteroatoms. The highest BCUT2D eigenvalue weighted by atomic mass is 19.4. The molecule has 0 aliphatic carbocycles. The Morgan fingerprint density at radius 1 is 0.758 bits per heavy atom. The van der Waals surface area contributed by atoms with E-state index in [-0.39, 0.29) is 5.91 Å². The minimum atomic E-state index is -4.38. The van der Waals surface area contributed by atoms with Gasteiger partial charge in [-0.25, -0.2) is 4.98 Å². The molecule has 2 aromatic heterocycles. The normalized spacial score (nSPS) is 11.3. The van der Waals surface area contributed by atoms with Crippen LogP contribution in [0.2, 0.25) is 0 Å². The predicted molar refractivity (Wildman–Crippen MR) is 122 cm³/mol. The molecule has 4 rings (SSSR count). The van der Waals surface area contributed by atoms with Crippen molar-refractivity contribution in [2.45, 2.75) is 20.0 Å². The molecule has 0 atom stereocenters. The van der Waals surface area contributed by atoms with Gasteiger partial charge >= 0.3 is 6.18 Å². The van der Waals surface area contributed by atoms with Gasteiger partial charge in [-0.15, -0.1) is 0 Å². The maximum Gasteiger partial charge on any atom is 0.416 e. The van der Waals surface area contributed by atoms with E-state index in [1.807, 2.05) is 55.5 Å². The molecule has 166 valence electrons. The predicted octanol–water partition coefficient (Wildman–Crippen LogP) is 6.76. The second kappa shape index (κ2) is 8.86. The Morgan fingerprint density at radius 3 is 2.15 bits per heavy atom. The SMILES string of the molecule is CC(=O)Nc1cccc(-c2cccc(-c3cc(-c4ccc(C(F)(F)F)cc4)cc(C)n3)n2)c1. The van der Waals surface area contributed by atoms with Gasteiger partial charge < -0.3 is 5.32 Å². The second-order valence-corrected chi connectivity index (χ2v) is 7.63. The lowest BCUT2D eigenvalue weighted by atomic mass is 10.0. The summed E-state index contributed by atoms with van der Waals surface area (Å²) in [5.74, 6) is -0.159. The van der Waals surface area contributed by atoms with Crippen molar-refractivity contribution in [2.75, 3.05) is 5.32 Å². The average Bonchev–Trinajstić information content (AvgIpc) is 2.78. The topological polar surface area (TPSA) is 54.9 Å². The van der Waals surface area contributed by atoms with Gasteiger partial charge in [0.2, 0.25) is 5.91 Å². The first-order chi connectivity index (χ1) is 15.7. The molecular formula is C26H20F3N3O. The Bertz CT molecular complexity index is 1320. The lowest BCUT2D eigenvalue weighted by molar-refractivity contribution is -0.137. The molecule has 0 radical (unpaired) electrons. The van der Waals surface area contributed by atoms with Crippen LogP contribution in [0.5, 0.6) is 0 Å². The number of halogens is 3. The summed E-state index contributed by atoms with van der Waals surface area (Å²) in [7, 11) is 0. The molecule has 0 aliphatic rings. The maximum atomic E-state index is 12.9. The number of nitrogens with one attached hydrogen (secondary N) is 1. The number of carbonyl (C=O) groups is 1. The fourth-order valence-electron chi connectivity index (χ4n) is 3.52. The van der Waals surface area contributed by atoms with Crippen molar-refractivity contribution in [1.29, 1.82) is 0 Å². The Labute approximate surface area is 189 Å². The van der Waals surface area contributed by atoms with Crippen LogP contribution in [0.15, 0.2) is 78.9 Å². The zero-order valence-electron chi connectivity index (χ0n) is 17.9. The Kier molecular flexibility index (Phi) is 5.96. The number of nitrogens with zero attached hydrogens (tertiary/aromatic N) is 2. The number of rotatable bonds is 4. The van der Waals surface area contributed by atoms with Crippen LogP contribution < -0.4 is 5.32 Å². The van der Waals surface area contributed by atoms with E-state index in [1.54, 1.807) is 6.07 Å². The van der Waals surface area contributed by atoms with E-state index in [0.717, 1.165) is 29.0 Å². The van der Waals surface area contributed by atoms with E-state index in [1.165, 1.54) is 19.1 Å². The molecule has 0 unspecified atom stereocenters. The monoisotopic (exact) mass is 447 g/mol. The zero-order chi connectivity index (χ0) is 23.6. The summed E-state index contributed by atoms with van der Waals surface area (Å²) in [6.45, 7) is 3.28. The fraction of sp³-hybridized carbons (Fsp3) is 0.115. The molecule has 0 spiro atoms. The summed E-state index contributed by atoms with van der Waals surface area (Å²) in [6.07, 6.45) is -4.38. The van der Waals surface area contributed by atoms with Crippen LogP contribution in [-0.4, -0.2) is 15.9 Å². The molecule has 1 N–H and O–H groups in total. The van der Waals surface area contributed by atoms with Crippen LogP contribution >= 0.6 is 0 Å². The number of alkyl halides is 3. The van der Waals surface area contributed by atoms with Gasteiger partial charge in [0.1, 0.15) is 0 Å². The zero-order valence-corrected chi connectivity index (χ0v) is 17.9. The number of aromatic nitrogens is 2. The molecule has 0 saturated heterocycles. The van der Waals surface area contributed by atoms with Crippen molar-refractivity contribution >= 4 is 11.6 Å². The number of carbonyl (C=O) groups excluding carboxylic acids is 1. The molecule has 0 saturated carbocycles. The minimum Gasteiger partial charge on any atom is -0.326 e. The van der Waals surface area contributed by atoms with Crippen molar-refractivity contribution in [1.82, 2.24) is 9.97 Å². The summed E-state index contributed by atoms with van der Waals surface area (Å²) in [6, 6.07) is 21.6. The average molecular weight is 447 g/mol. The number of pyridine rings is 2. The van der Waals surface area contributed by atoms with Gasteiger partial charge in [0.15, 0.2) is 0 Å². The van der Waals surface area contributed by atoms with Crippen molar-refractivity contribution in [3.8, 4) is 33.8 Å². The van der Waals surface area contributed by atoms with E-state index in [9.17, 15) is 18.0 Å². The largest absolute Gasteiger partial charge is 0.416 e. The number of anilines is 1. The highest BCUT2D eigenvalue weighted by Gasteiger charge is 2.30. The molecule has 1 amide bonds. The van der Waals surface area contributed by atoms with E-state index in [2.05, 4.69) is 10.3 Å². The number of aryl methyl sites for hydroxylation is 1. The summed E-state index contributed by atoms with van der Waals surface area (Å²) >= 11 is 0. The van der Waals surface area contributed by atoms with Crippen molar-refractivity contribution in [3.63, 3.8) is 0 Å². The highest BCUT2D eigenvalue weighted by molar-refractivity contribution is 5.89. The highest BCUT2D eigenvalue weighted by Crippen LogP contribution is 2.32. The van der Waals surface area contributed by atoms with E-state index >= 15 is 0 Å². The van der Waals surface area contributed by atoms with Gasteiger partial charge in [-0.2, -0.15) is 13.2 Å². The smallest absolute Gasteiger partial charge is 0.326 e. The first-order valence-electron chi connectivity index (χ1n) is 10.2. The van der Waals surface area contributed by atoms with E-state index in [0.29, 0.717) is 28.3 Å². The van der Waals surface area contributed by atoms with Crippen LogP contribution in [0.3, 0.4) is 0 Å². The molecule has 2 heterocycles. The third-order valence-electron chi connectivity index (χ3n) is 4.99. The first-order valence-corrected chi connectivity index (χ1v) is 10.2. The Hall–Kier alpha value is -4.00. The summed E-state index contributed by atoms with van der Waals surface area (Å²) in [4.78, 5) is 20.7. The molecule has 2 aromatic carbocycles. The van der Waals surface area contributed by atoms with Gasteiger partial charge in [0, 0.05) is 23.9 Å². The fourth-order valence-corrected chi connectivity index (χ4v) is 3.52. The number of amides is 1. The molecule has 0 aliphatic heterocycles. The molecule has 4 nitrogen and oxygen atoms in total. The standard InChI is InChI=1S/C26H20F3N3O/c1-16-13-20(18-9-11-21(12-10-18)26(27,28)29)15-25(30-16)24-8-4-7-23(32-24)19-5-3-6-22(14-19)31-17(2)33/h3-15H,1-2H3,(H,31,33). The first kappa shape index (κ1) is 22.2. The second-order valence-electron chi connectivity index (χ2n) is 7.63. The molecule has 0 fully saturated rings. The minimum absolute atomic E-state index is 0.159. The number of benzene rings is 2. The lowest BCUT2D eigenvalue weighted by Crippen LogP contribution is -2.05. The molecule has 4 aromatic rings. The van der Waals surface area contributed by atoms with Crippen LogP contribution in [0.1, 0.15) is 18.2 Å². The Morgan fingerprint density at radius 2 is 1.45 bits per heavy atom. The third kappa shape index (κ3) is 5.26. The summed E-state index contributed by atoms with van der Waals surface area (Å²) < 4.78 is 38.7. The summed E-state index contributed by atoms with van der Waals surface area (Å²) in [5.41, 5.74) is 4.91. The van der Waals surface area contributed by atoms with Gasteiger partial charge in [-0.1, -0.05) is 30.3 Å². The van der Waals surface area contributed by atoms with Crippen molar-refractivity contribution < 1.29 is 18.0 Å². The Balaban J connectivity index is 1.69. The van der Waals surface area contributed by atoms with E-state index in [4.69, 9.17) is 4.98 Å².